The molecule has 0 atom stereocenters. The maximum absolute atomic E-state index is 13.3. The van der Waals surface area contributed by atoms with Crippen LogP contribution in [0, 0.1) is 18.2 Å². The summed E-state index contributed by atoms with van der Waals surface area (Å²) in [5, 5.41) is 3.18. The zero-order valence-corrected chi connectivity index (χ0v) is 16.4. The average Bonchev–Trinajstić information content (AvgIpc) is 3.31. The first-order chi connectivity index (χ1) is 14.0. The highest BCUT2D eigenvalue weighted by molar-refractivity contribution is 8.18. The molecule has 7 heteroatoms. The van der Waals surface area contributed by atoms with Crippen LogP contribution in [0.25, 0.3) is 17.4 Å². The third-order valence-corrected chi connectivity index (χ3v) is 5.20. The van der Waals surface area contributed by atoms with Crippen molar-refractivity contribution in [3.63, 3.8) is 0 Å². The third kappa shape index (κ3) is 4.27. The predicted octanol–water partition coefficient (Wildman–Crippen LogP) is 5.61. The van der Waals surface area contributed by atoms with Crippen LogP contribution in [0.1, 0.15) is 11.3 Å². The van der Waals surface area contributed by atoms with Gasteiger partial charge in [-0.15, -0.1) is 6.42 Å². The molecule has 3 aromatic rings. The number of aliphatic imine (C=N–C) groups is 1. The van der Waals surface area contributed by atoms with Crippen LogP contribution in [0.4, 0.5) is 10.1 Å². The number of hydrogen-bond donors (Lipinski definition) is 1. The number of thioether (sulfide) groups is 1. The van der Waals surface area contributed by atoms with Gasteiger partial charge in [0.15, 0.2) is 5.17 Å². The highest BCUT2D eigenvalue weighted by atomic mass is 35.5. The summed E-state index contributed by atoms with van der Waals surface area (Å²) >= 11 is 7.02. The van der Waals surface area contributed by atoms with E-state index in [0.29, 0.717) is 38.4 Å². The van der Waals surface area contributed by atoms with E-state index in [1.165, 1.54) is 23.9 Å². The molecule has 29 heavy (non-hydrogen) atoms. The van der Waals surface area contributed by atoms with Crippen LogP contribution in [0.2, 0.25) is 5.02 Å². The number of carbonyl (C=O) groups is 1. The Bertz CT molecular complexity index is 1220. The molecule has 2 heterocycles. The third-order valence-electron chi connectivity index (χ3n) is 4.00. The molecule has 0 spiro atoms. The Balaban J connectivity index is 1.55. The average molecular weight is 423 g/mol. The molecular weight excluding hydrogens is 411 g/mol. The highest BCUT2D eigenvalue weighted by Crippen LogP contribution is 2.31. The quantitative estimate of drug-likeness (QED) is 0.440. The fraction of sp³-hybridized carbons (Fsp3) is 0. The highest BCUT2D eigenvalue weighted by Gasteiger charge is 2.24. The van der Waals surface area contributed by atoms with Crippen molar-refractivity contribution in [2.75, 3.05) is 0 Å². The van der Waals surface area contributed by atoms with Crippen LogP contribution < -0.4 is 5.32 Å². The lowest BCUT2D eigenvalue weighted by molar-refractivity contribution is -0.115. The van der Waals surface area contributed by atoms with Crippen molar-refractivity contribution in [1.82, 2.24) is 5.32 Å². The molecule has 1 N–H and O–H groups in total. The summed E-state index contributed by atoms with van der Waals surface area (Å²) in [6.45, 7) is 0. The zero-order valence-electron chi connectivity index (χ0n) is 14.8. The van der Waals surface area contributed by atoms with Gasteiger partial charge in [-0.1, -0.05) is 23.6 Å². The Morgan fingerprint density at radius 1 is 1.21 bits per heavy atom. The molecule has 4 rings (SSSR count). The molecule has 1 aromatic heterocycles. The SMILES string of the molecule is C#Cc1cccc(N=C2NC(=O)/C(=C/c3ccc(-c4ccc(F)c(Cl)c4)o3)S2)c1. The molecule has 0 saturated carbocycles. The van der Waals surface area contributed by atoms with Crippen LogP contribution in [-0.2, 0) is 4.79 Å². The van der Waals surface area contributed by atoms with E-state index in [1.54, 1.807) is 48.5 Å². The largest absolute Gasteiger partial charge is 0.457 e. The number of terminal acetylenes is 1. The van der Waals surface area contributed by atoms with Crippen LogP contribution in [0.3, 0.4) is 0 Å². The number of amides is 1. The number of amidine groups is 1. The number of carbonyl (C=O) groups excluding carboxylic acids is 1. The molecule has 1 amide bonds. The summed E-state index contributed by atoms with van der Waals surface area (Å²) in [5.74, 6) is 2.77. The van der Waals surface area contributed by atoms with Gasteiger partial charge in [0.25, 0.3) is 5.91 Å². The fourth-order valence-corrected chi connectivity index (χ4v) is 3.63. The van der Waals surface area contributed by atoms with Gasteiger partial charge in [-0.2, -0.15) is 0 Å². The minimum absolute atomic E-state index is 0.0132. The second-order valence-corrected chi connectivity index (χ2v) is 7.45. The maximum Gasteiger partial charge on any atom is 0.264 e. The maximum atomic E-state index is 13.3. The standard InChI is InChI=1S/C22H12ClFN2O2S/c1-2-13-4-3-5-15(10-13)25-22-26-21(27)20(29-22)12-16-7-9-19(28-16)14-6-8-18(24)17(23)11-14/h1,3-12H,(H,25,26,27)/b20-12-. The van der Waals surface area contributed by atoms with Crippen molar-refractivity contribution < 1.29 is 13.6 Å². The molecule has 4 nitrogen and oxygen atoms in total. The van der Waals surface area contributed by atoms with Gasteiger partial charge < -0.3 is 9.73 Å². The first-order valence-electron chi connectivity index (χ1n) is 8.43. The first-order valence-corrected chi connectivity index (χ1v) is 9.63. The van der Waals surface area contributed by atoms with E-state index in [4.69, 9.17) is 22.4 Å². The zero-order chi connectivity index (χ0) is 20.4. The van der Waals surface area contributed by atoms with Crippen molar-refractivity contribution in [2.24, 2.45) is 4.99 Å². The lowest BCUT2D eigenvalue weighted by Crippen LogP contribution is -2.19. The number of benzene rings is 2. The van der Waals surface area contributed by atoms with Crippen LogP contribution in [0.15, 0.2) is 68.9 Å². The molecule has 1 aliphatic rings. The molecule has 0 bridgehead atoms. The molecule has 1 saturated heterocycles. The van der Waals surface area contributed by atoms with E-state index >= 15 is 0 Å². The Kier molecular flexibility index (Phi) is 5.26. The number of rotatable bonds is 3. The second kappa shape index (κ2) is 8.00. The van der Waals surface area contributed by atoms with Crippen molar-refractivity contribution in [3.05, 3.63) is 81.7 Å². The smallest absolute Gasteiger partial charge is 0.264 e. The summed E-state index contributed by atoms with van der Waals surface area (Å²) in [4.78, 5) is 17.1. The molecule has 0 radical (unpaired) electrons. The normalized spacial score (nSPS) is 16.2. The number of furan rings is 1. The molecule has 0 unspecified atom stereocenters. The summed E-state index contributed by atoms with van der Waals surface area (Å²) in [5.41, 5.74) is 2.00. The molecule has 142 valence electrons. The minimum Gasteiger partial charge on any atom is -0.457 e. The molecule has 0 aliphatic carbocycles. The topological polar surface area (TPSA) is 54.6 Å². The van der Waals surface area contributed by atoms with Gasteiger partial charge in [0, 0.05) is 17.2 Å². The van der Waals surface area contributed by atoms with Crippen molar-refractivity contribution in [2.45, 2.75) is 0 Å². The monoisotopic (exact) mass is 422 g/mol. The Hall–Kier alpha value is -3.27. The van der Waals surface area contributed by atoms with Gasteiger partial charge >= 0.3 is 0 Å². The fourth-order valence-electron chi connectivity index (χ4n) is 2.63. The van der Waals surface area contributed by atoms with Crippen LogP contribution in [0.5, 0.6) is 0 Å². The van der Waals surface area contributed by atoms with Gasteiger partial charge in [0.05, 0.1) is 15.6 Å². The first kappa shape index (κ1) is 19.1. The van der Waals surface area contributed by atoms with Crippen molar-refractivity contribution >= 4 is 46.2 Å². The van der Waals surface area contributed by atoms with E-state index in [2.05, 4.69) is 16.2 Å². The Morgan fingerprint density at radius 3 is 2.86 bits per heavy atom. The number of nitrogens with zero attached hydrogens (tertiary/aromatic N) is 1. The summed E-state index contributed by atoms with van der Waals surface area (Å²) in [7, 11) is 0. The van der Waals surface area contributed by atoms with Gasteiger partial charge in [-0.25, -0.2) is 9.38 Å². The summed E-state index contributed by atoms with van der Waals surface area (Å²) in [6.07, 6.45) is 7.02. The number of nitrogens with one attached hydrogen (secondary N) is 1. The molecule has 2 aromatic carbocycles. The number of hydrogen-bond acceptors (Lipinski definition) is 4. The lowest BCUT2D eigenvalue weighted by Gasteiger charge is -1.99. The molecule has 1 fully saturated rings. The van der Waals surface area contributed by atoms with E-state index in [9.17, 15) is 9.18 Å². The Morgan fingerprint density at radius 2 is 2.07 bits per heavy atom. The minimum atomic E-state index is -0.497. The van der Waals surface area contributed by atoms with Crippen LogP contribution >= 0.6 is 23.4 Å². The second-order valence-electron chi connectivity index (χ2n) is 6.01. The van der Waals surface area contributed by atoms with E-state index in [1.807, 2.05) is 0 Å². The molecular formula is C22H12ClFN2O2S. The molecule has 1 aliphatic heterocycles. The van der Waals surface area contributed by atoms with Gasteiger partial charge in [0.1, 0.15) is 17.3 Å². The van der Waals surface area contributed by atoms with Crippen molar-refractivity contribution in [3.8, 4) is 23.7 Å². The van der Waals surface area contributed by atoms with E-state index in [-0.39, 0.29) is 10.9 Å². The summed E-state index contributed by atoms with van der Waals surface area (Å²) < 4.78 is 19.1. The lowest BCUT2D eigenvalue weighted by atomic mass is 10.2. The summed E-state index contributed by atoms with van der Waals surface area (Å²) in [6, 6.07) is 14.9. The van der Waals surface area contributed by atoms with E-state index in [0.717, 1.165) is 0 Å². The van der Waals surface area contributed by atoms with E-state index < -0.39 is 5.82 Å². The van der Waals surface area contributed by atoms with Gasteiger partial charge in [-0.05, 0) is 60.3 Å². The number of halogens is 2. The van der Waals surface area contributed by atoms with Gasteiger partial charge in [0.2, 0.25) is 0 Å². The Labute approximate surface area is 175 Å². The van der Waals surface area contributed by atoms with Crippen molar-refractivity contribution in [1.29, 1.82) is 0 Å². The van der Waals surface area contributed by atoms with Crippen LogP contribution in [-0.4, -0.2) is 11.1 Å². The van der Waals surface area contributed by atoms with Gasteiger partial charge in [-0.3, -0.25) is 4.79 Å². The predicted molar refractivity (Wildman–Crippen MR) is 114 cm³/mol.